The number of rotatable bonds is 4. The van der Waals surface area contributed by atoms with E-state index < -0.39 is 0 Å². The van der Waals surface area contributed by atoms with E-state index >= 15 is 0 Å². The Bertz CT molecular complexity index is 1200. The summed E-state index contributed by atoms with van der Waals surface area (Å²) in [6.07, 6.45) is 3.23. The maximum absolute atomic E-state index is 12.7. The zero-order chi connectivity index (χ0) is 21.2. The van der Waals surface area contributed by atoms with Gasteiger partial charge in [-0.15, -0.1) is 11.3 Å². The highest BCUT2D eigenvalue weighted by Crippen LogP contribution is 2.39. The van der Waals surface area contributed by atoms with Crippen molar-refractivity contribution in [2.45, 2.75) is 12.8 Å². The topological polar surface area (TPSA) is 58.1 Å². The van der Waals surface area contributed by atoms with Crippen molar-refractivity contribution in [2.24, 2.45) is 5.92 Å². The number of fused-ring (bicyclic) bond motifs is 1. The van der Waals surface area contributed by atoms with E-state index in [0.717, 1.165) is 63.8 Å². The summed E-state index contributed by atoms with van der Waals surface area (Å²) in [4.78, 5) is 25.1. The molecule has 0 atom stereocenters. The summed E-state index contributed by atoms with van der Waals surface area (Å²) in [5, 5.41) is 6.96. The zero-order valence-corrected chi connectivity index (χ0v) is 18.4. The predicted molar refractivity (Wildman–Crippen MR) is 128 cm³/mol. The lowest BCUT2D eigenvalue weighted by Crippen LogP contribution is -2.38. The average molecular weight is 449 g/mol. The van der Waals surface area contributed by atoms with Gasteiger partial charge in [-0.25, -0.2) is 9.97 Å². The van der Waals surface area contributed by atoms with Crippen molar-refractivity contribution in [3.63, 3.8) is 0 Å². The molecule has 0 unspecified atom stereocenters. The number of carbonyl (C=O) groups is 1. The number of nitrogens with zero attached hydrogens (tertiary/aromatic N) is 3. The van der Waals surface area contributed by atoms with Gasteiger partial charge in [-0.05, 0) is 42.7 Å². The van der Waals surface area contributed by atoms with E-state index in [0.29, 0.717) is 0 Å². The molecule has 0 aliphatic carbocycles. The molecule has 1 aliphatic rings. The van der Waals surface area contributed by atoms with Crippen molar-refractivity contribution in [1.82, 2.24) is 9.97 Å². The minimum absolute atomic E-state index is 0.00648. The van der Waals surface area contributed by atoms with Gasteiger partial charge < -0.3 is 10.2 Å². The molecular formula is C24H21ClN4OS. The smallest absolute Gasteiger partial charge is 0.227 e. The van der Waals surface area contributed by atoms with Gasteiger partial charge in [0.25, 0.3) is 0 Å². The summed E-state index contributed by atoms with van der Waals surface area (Å²) >= 11 is 7.69. The SMILES string of the molecule is O=C(Nc1ccccc1)C1CCN(c2ncnc3scc(-c4ccc(Cl)cc4)c23)CC1. The fraction of sp³-hybridized carbons (Fsp3) is 0.208. The minimum atomic E-state index is 0.00648. The Hall–Kier alpha value is -2.96. The molecule has 156 valence electrons. The Balaban J connectivity index is 1.36. The highest BCUT2D eigenvalue weighted by Gasteiger charge is 2.27. The van der Waals surface area contributed by atoms with Crippen LogP contribution in [0.2, 0.25) is 5.02 Å². The molecule has 7 heteroatoms. The van der Waals surface area contributed by atoms with E-state index in [-0.39, 0.29) is 11.8 Å². The van der Waals surface area contributed by atoms with Gasteiger partial charge in [-0.1, -0.05) is 41.9 Å². The molecule has 0 radical (unpaired) electrons. The molecule has 2 aromatic carbocycles. The summed E-state index contributed by atoms with van der Waals surface area (Å²) in [5.74, 6) is 1.04. The highest BCUT2D eigenvalue weighted by atomic mass is 35.5. The van der Waals surface area contributed by atoms with E-state index in [1.165, 1.54) is 0 Å². The second-order valence-corrected chi connectivity index (χ2v) is 8.94. The minimum Gasteiger partial charge on any atom is -0.356 e. The predicted octanol–water partition coefficient (Wildman–Crippen LogP) is 5.87. The first-order valence-electron chi connectivity index (χ1n) is 10.3. The van der Waals surface area contributed by atoms with Gasteiger partial charge in [0.1, 0.15) is 17.0 Å². The van der Waals surface area contributed by atoms with Crippen molar-refractivity contribution in [3.8, 4) is 11.1 Å². The van der Waals surface area contributed by atoms with Crippen LogP contribution >= 0.6 is 22.9 Å². The van der Waals surface area contributed by atoms with E-state index in [1.807, 2.05) is 54.6 Å². The first-order valence-corrected chi connectivity index (χ1v) is 11.5. The van der Waals surface area contributed by atoms with Crippen LogP contribution in [0.15, 0.2) is 66.3 Å². The van der Waals surface area contributed by atoms with Crippen LogP contribution in [0.4, 0.5) is 11.5 Å². The molecule has 5 nitrogen and oxygen atoms in total. The van der Waals surface area contributed by atoms with Crippen LogP contribution in [0.3, 0.4) is 0 Å². The molecule has 31 heavy (non-hydrogen) atoms. The van der Waals surface area contributed by atoms with Crippen LogP contribution in [0.5, 0.6) is 0 Å². The molecule has 1 amide bonds. The van der Waals surface area contributed by atoms with Gasteiger partial charge in [-0.2, -0.15) is 0 Å². The Morgan fingerprint density at radius 2 is 1.77 bits per heavy atom. The van der Waals surface area contributed by atoms with E-state index in [4.69, 9.17) is 11.6 Å². The van der Waals surface area contributed by atoms with Crippen LogP contribution in [0, 0.1) is 5.92 Å². The van der Waals surface area contributed by atoms with E-state index in [1.54, 1.807) is 17.7 Å². The number of aromatic nitrogens is 2. The maximum atomic E-state index is 12.7. The number of piperidine rings is 1. The standard InChI is InChI=1S/C24H21ClN4OS/c25-18-8-6-16(7-9-18)20-14-31-24-21(20)22(26-15-27-24)29-12-10-17(11-13-29)23(30)28-19-4-2-1-3-5-19/h1-9,14-15,17H,10-13H2,(H,28,30). The lowest BCUT2D eigenvalue weighted by molar-refractivity contribution is -0.120. The summed E-state index contributed by atoms with van der Waals surface area (Å²) in [6.45, 7) is 1.57. The van der Waals surface area contributed by atoms with Crippen molar-refractivity contribution >= 4 is 50.6 Å². The molecule has 4 aromatic rings. The third-order valence-corrected chi connectivity index (χ3v) is 6.85. The maximum Gasteiger partial charge on any atom is 0.227 e. The van der Waals surface area contributed by atoms with Crippen LogP contribution in [0.25, 0.3) is 21.3 Å². The summed E-state index contributed by atoms with van der Waals surface area (Å²) in [6, 6.07) is 17.5. The number of carbonyl (C=O) groups excluding carboxylic acids is 1. The second kappa shape index (κ2) is 8.65. The molecule has 3 heterocycles. The van der Waals surface area contributed by atoms with Crippen molar-refractivity contribution in [2.75, 3.05) is 23.3 Å². The molecular weight excluding hydrogens is 428 g/mol. The molecule has 0 saturated carbocycles. The number of amides is 1. The van der Waals surface area contributed by atoms with E-state index in [9.17, 15) is 4.79 Å². The van der Waals surface area contributed by atoms with Crippen molar-refractivity contribution in [3.05, 3.63) is 71.3 Å². The van der Waals surface area contributed by atoms with Crippen LogP contribution < -0.4 is 10.2 Å². The largest absolute Gasteiger partial charge is 0.356 e. The van der Waals surface area contributed by atoms with Gasteiger partial charge in [0.05, 0.1) is 5.39 Å². The van der Waals surface area contributed by atoms with Gasteiger partial charge in [-0.3, -0.25) is 4.79 Å². The molecule has 1 saturated heterocycles. The Labute approximate surface area is 189 Å². The Morgan fingerprint density at radius 3 is 2.52 bits per heavy atom. The number of thiophene rings is 1. The molecule has 1 N–H and O–H groups in total. The van der Waals surface area contributed by atoms with Crippen LogP contribution in [0.1, 0.15) is 12.8 Å². The van der Waals surface area contributed by atoms with Crippen molar-refractivity contribution in [1.29, 1.82) is 0 Å². The third kappa shape index (κ3) is 4.13. The Morgan fingerprint density at radius 1 is 1.03 bits per heavy atom. The Kier molecular flexibility index (Phi) is 5.57. The fourth-order valence-corrected chi connectivity index (χ4v) is 5.10. The number of hydrogen-bond acceptors (Lipinski definition) is 5. The lowest BCUT2D eigenvalue weighted by Gasteiger charge is -2.32. The van der Waals surface area contributed by atoms with E-state index in [2.05, 4.69) is 25.6 Å². The molecule has 2 aromatic heterocycles. The first-order chi connectivity index (χ1) is 15.2. The zero-order valence-electron chi connectivity index (χ0n) is 16.8. The molecule has 1 aliphatic heterocycles. The molecule has 0 bridgehead atoms. The number of nitrogens with one attached hydrogen (secondary N) is 1. The molecule has 1 fully saturated rings. The molecule has 0 spiro atoms. The van der Waals surface area contributed by atoms with Crippen LogP contribution in [-0.4, -0.2) is 29.0 Å². The number of halogens is 1. The van der Waals surface area contributed by atoms with Gasteiger partial charge in [0.2, 0.25) is 5.91 Å². The normalized spacial score (nSPS) is 14.7. The molecule has 5 rings (SSSR count). The number of para-hydroxylation sites is 1. The second-order valence-electron chi connectivity index (χ2n) is 7.65. The monoisotopic (exact) mass is 448 g/mol. The first kappa shape index (κ1) is 20.0. The summed E-state index contributed by atoms with van der Waals surface area (Å²) in [5.41, 5.74) is 3.07. The summed E-state index contributed by atoms with van der Waals surface area (Å²) in [7, 11) is 0. The highest BCUT2D eigenvalue weighted by molar-refractivity contribution is 7.17. The number of hydrogen-bond donors (Lipinski definition) is 1. The fourth-order valence-electron chi connectivity index (χ4n) is 4.06. The van der Waals surface area contributed by atoms with Gasteiger partial charge >= 0.3 is 0 Å². The third-order valence-electron chi connectivity index (χ3n) is 5.71. The van der Waals surface area contributed by atoms with Gasteiger partial charge in [0.15, 0.2) is 0 Å². The quantitative estimate of drug-likeness (QED) is 0.424. The number of anilines is 2. The van der Waals surface area contributed by atoms with Gasteiger partial charge in [0, 0.05) is 40.7 Å². The summed E-state index contributed by atoms with van der Waals surface area (Å²) < 4.78 is 0. The lowest BCUT2D eigenvalue weighted by atomic mass is 9.95. The average Bonchev–Trinajstić information content (AvgIpc) is 3.25. The number of benzene rings is 2. The van der Waals surface area contributed by atoms with Crippen molar-refractivity contribution < 1.29 is 4.79 Å². The van der Waals surface area contributed by atoms with Crippen LogP contribution in [-0.2, 0) is 4.79 Å².